The zero-order chi connectivity index (χ0) is 22.3. The van der Waals surface area contributed by atoms with Crippen molar-refractivity contribution in [2.75, 3.05) is 0 Å². The highest BCUT2D eigenvalue weighted by Gasteiger charge is 2.24. The van der Waals surface area contributed by atoms with Crippen molar-refractivity contribution in [1.82, 2.24) is 9.88 Å². The number of hydrogen-bond acceptors (Lipinski definition) is 3. The fourth-order valence-corrected chi connectivity index (χ4v) is 4.59. The lowest BCUT2D eigenvalue weighted by molar-refractivity contribution is -0.115. The lowest BCUT2D eigenvalue weighted by Crippen LogP contribution is -2.19. The molecule has 1 aliphatic rings. The highest BCUT2D eigenvalue weighted by Crippen LogP contribution is 2.31. The van der Waals surface area contributed by atoms with E-state index in [2.05, 4.69) is 66.8 Å². The van der Waals surface area contributed by atoms with Crippen LogP contribution in [0.3, 0.4) is 0 Å². The SMILES string of the molecule is Cc1ccc(-n2c(C)cc(/C=C3\SC(=Nc4ccc(C)c(Cl)c4)NC3=O)c2C)cc1C. The Morgan fingerprint density at radius 2 is 1.71 bits per heavy atom. The van der Waals surface area contributed by atoms with Crippen LogP contribution in [0.4, 0.5) is 5.69 Å². The van der Waals surface area contributed by atoms with E-state index in [-0.39, 0.29) is 5.91 Å². The Hall–Kier alpha value is -2.76. The summed E-state index contributed by atoms with van der Waals surface area (Å²) in [5.74, 6) is -0.141. The van der Waals surface area contributed by atoms with Gasteiger partial charge in [-0.1, -0.05) is 23.7 Å². The average Bonchev–Trinajstić information content (AvgIpc) is 3.19. The number of aromatic nitrogens is 1. The Kier molecular flexibility index (Phi) is 5.82. The van der Waals surface area contributed by atoms with Crippen molar-refractivity contribution in [3.63, 3.8) is 0 Å². The molecule has 0 saturated carbocycles. The van der Waals surface area contributed by atoms with Crippen molar-refractivity contribution in [2.45, 2.75) is 34.6 Å². The molecule has 3 aromatic rings. The number of aryl methyl sites for hydroxylation is 4. The number of carbonyl (C=O) groups is 1. The maximum absolute atomic E-state index is 12.5. The largest absolute Gasteiger partial charge is 0.318 e. The van der Waals surface area contributed by atoms with E-state index in [1.54, 1.807) is 6.07 Å². The fraction of sp³-hybridized carbons (Fsp3) is 0.200. The van der Waals surface area contributed by atoms with E-state index in [0.29, 0.717) is 20.8 Å². The second-order valence-electron chi connectivity index (χ2n) is 7.85. The first-order valence-corrected chi connectivity index (χ1v) is 11.2. The van der Waals surface area contributed by atoms with Crippen LogP contribution in [0.1, 0.15) is 33.6 Å². The highest BCUT2D eigenvalue weighted by molar-refractivity contribution is 8.18. The maximum Gasteiger partial charge on any atom is 0.264 e. The van der Waals surface area contributed by atoms with Crippen LogP contribution in [0.25, 0.3) is 11.8 Å². The number of aliphatic imine (C=N–C) groups is 1. The van der Waals surface area contributed by atoms with Gasteiger partial charge in [0.05, 0.1) is 10.6 Å². The number of amidine groups is 1. The van der Waals surface area contributed by atoms with E-state index in [4.69, 9.17) is 11.6 Å². The molecule has 6 heteroatoms. The zero-order valence-corrected chi connectivity index (χ0v) is 19.8. The second kappa shape index (κ2) is 8.40. The zero-order valence-electron chi connectivity index (χ0n) is 18.2. The number of thioether (sulfide) groups is 1. The van der Waals surface area contributed by atoms with Gasteiger partial charge in [0.2, 0.25) is 0 Å². The molecule has 1 aromatic heterocycles. The fourth-order valence-electron chi connectivity index (χ4n) is 3.59. The third kappa shape index (κ3) is 4.34. The minimum Gasteiger partial charge on any atom is -0.318 e. The van der Waals surface area contributed by atoms with Gasteiger partial charge in [-0.15, -0.1) is 0 Å². The van der Waals surface area contributed by atoms with E-state index in [1.807, 2.05) is 25.1 Å². The average molecular weight is 450 g/mol. The Morgan fingerprint density at radius 1 is 0.968 bits per heavy atom. The molecule has 1 saturated heterocycles. The summed E-state index contributed by atoms with van der Waals surface area (Å²) in [4.78, 5) is 17.7. The van der Waals surface area contributed by atoms with E-state index < -0.39 is 0 Å². The van der Waals surface area contributed by atoms with Crippen LogP contribution in [0.2, 0.25) is 5.02 Å². The minimum absolute atomic E-state index is 0.141. The molecule has 4 rings (SSSR count). The number of hydrogen-bond donors (Lipinski definition) is 1. The summed E-state index contributed by atoms with van der Waals surface area (Å²) in [5.41, 5.74) is 8.61. The quantitative estimate of drug-likeness (QED) is 0.460. The first kappa shape index (κ1) is 21.5. The lowest BCUT2D eigenvalue weighted by atomic mass is 10.1. The van der Waals surface area contributed by atoms with Gasteiger partial charge in [-0.25, -0.2) is 4.99 Å². The second-order valence-corrected chi connectivity index (χ2v) is 9.28. The lowest BCUT2D eigenvalue weighted by Gasteiger charge is -2.11. The monoisotopic (exact) mass is 449 g/mol. The van der Waals surface area contributed by atoms with E-state index in [1.165, 1.54) is 22.9 Å². The molecule has 0 unspecified atom stereocenters. The molecule has 2 aromatic carbocycles. The Morgan fingerprint density at radius 3 is 2.42 bits per heavy atom. The molecular weight excluding hydrogens is 426 g/mol. The topological polar surface area (TPSA) is 46.4 Å². The Labute approximate surface area is 192 Å². The van der Waals surface area contributed by atoms with Crippen molar-refractivity contribution in [3.05, 3.63) is 86.0 Å². The normalized spacial score (nSPS) is 16.4. The molecule has 0 aliphatic carbocycles. The summed E-state index contributed by atoms with van der Waals surface area (Å²) in [7, 11) is 0. The predicted molar refractivity (Wildman–Crippen MR) is 132 cm³/mol. The summed E-state index contributed by atoms with van der Waals surface area (Å²) in [6.07, 6.45) is 1.94. The number of amides is 1. The van der Waals surface area contributed by atoms with Gasteiger partial charge < -0.3 is 9.88 Å². The summed E-state index contributed by atoms with van der Waals surface area (Å²) in [5, 5.41) is 4.06. The molecule has 0 spiro atoms. The van der Waals surface area contributed by atoms with Gasteiger partial charge in [0, 0.05) is 22.1 Å². The van der Waals surface area contributed by atoms with Gasteiger partial charge in [-0.3, -0.25) is 4.79 Å². The van der Waals surface area contributed by atoms with Gasteiger partial charge in [0.1, 0.15) is 0 Å². The Balaban J connectivity index is 1.64. The van der Waals surface area contributed by atoms with Crippen LogP contribution in [-0.4, -0.2) is 15.6 Å². The maximum atomic E-state index is 12.5. The van der Waals surface area contributed by atoms with Crippen molar-refractivity contribution < 1.29 is 4.79 Å². The predicted octanol–water partition coefficient (Wildman–Crippen LogP) is 6.56. The van der Waals surface area contributed by atoms with E-state index in [0.717, 1.165) is 28.2 Å². The molecule has 1 amide bonds. The van der Waals surface area contributed by atoms with Crippen LogP contribution in [0.5, 0.6) is 0 Å². The molecule has 0 atom stereocenters. The number of carbonyl (C=O) groups excluding carboxylic acids is 1. The summed E-state index contributed by atoms with van der Waals surface area (Å²) >= 11 is 7.53. The van der Waals surface area contributed by atoms with Crippen LogP contribution in [0, 0.1) is 34.6 Å². The van der Waals surface area contributed by atoms with Crippen molar-refractivity contribution >= 4 is 46.2 Å². The van der Waals surface area contributed by atoms with Crippen molar-refractivity contribution in [1.29, 1.82) is 0 Å². The molecule has 1 fully saturated rings. The number of rotatable bonds is 3. The standard InChI is InChI=1S/C25H24ClN3OS/c1-14-7-9-21(10-16(14)3)29-17(4)11-19(18(29)5)12-23-24(30)28-25(31-23)27-20-8-6-15(2)22(26)13-20/h6-13H,1-5H3,(H,27,28,30)/b23-12-. The summed E-state index contributed by atoms with van der Waals surface area (Å²) in [6.45, 7) is 10.3. The first-order valence-electron chi connectivity index (χ1n) is 10.1. The van der Waals surface area contributed by atoms with E-state index in [9.17, 15) is 4.79 Å². The molecule has 4 nitrogen and oxygen atoms in total. The third-order valence-electron chi connectivity index (χ3n) is 5.54. The van der Waals surface area contributed by atoms with Crippen LogP contribution < -0.4 is 5.32 Å². The number of benzene rings is 2. The Bertz CT molecular complexity index is 1270. The van der Waals surface area contributed by atoms with Crippen LogP contribution >= 0.6 is 23.4 Å². The highest BCUT2D eigenvalue weighted by atomic mass is 35.5. The van der Waals surface area contributed by atoms with Crippen LogP contribution in [0.15, 0.2) is 52.4 Å². The molecule has 1 N–H and O–H groups in total. The van der Waals surface area contributed by atoms with Gasteiger partial charge in [-0.05, 0) is 105 Å². The number of halogens is 1. The minimum atomic E-state index is -0.141. The smallest absolute Gasteiger partial charge is 0.264 e. The molecular formula is C25H24ClN3OS. The molecule has 0 bridgehead atoms. The summed E-state index contributed by atoms with van der Waals surface area (Å²) in [6, 6.07) is 14.2. The van der Waals surface area contributed by atoms with Gasteiger partial charge >= 0.3 is 0 Å². The van der Waals surface area contributed by atoms with Gasteiger partial charge in [0.15, 0.2) is 5.17 Å². The molecule has 158 valence electrons. The third-order valence-corrected chi connectivity index (χ3v) is 6.86. The van der Waals surface area contributed by atoms with Crippen molar-refractivity contribution in [3.8, 4) is 5.69 Å². The van der Waals surface area contributed by atoms with Gasteiger partial charge in [-0.2, -0.15) is 0 Å². The number of nitrogens with one attached hydrogen (secondary N) is 1. The van der Waals surface area contributed by atoms with Gasteiger partial charge in [0.25, 0.3) is 5.91 Å². The number of nitrogens with zero attached hydrogens (tertiary/aromatic N) is 2. The van der Waals surface area contributed by atoms with E-state index >= 15 is 0 Å². The van der Waals surface area contributed by atoms with Crippen LogP contribution in [-0.2, 0) is 4.79 Å². The summed E-state index contributed by atoms with van der Waals surface area (Å²) < 4.78 is 2.22. The molecule has 2 heterocycles. The van der Waals surface area contributed by atoms with Crippen molar-refractivity contribution in [2.24, 2.45) is 4.99 Å². The molecule has 1 aliphatic heterocycles. The molecule has 0 radical (unpaired) electrons. The molecule has 31 heavy (non-hydrogen) atoms. The first-order chi connectivity index (χ1) is 14.7.